The van der Waals surface area contributed by atoms with Crippen LogP contribution in [-0.2, 0) is 11.2 Å². The number of benzene rings is 1. The van der Waals surface area contributed by atoms with Crippen LogP contribution < -0.4 is 4.74 Å². The van der Waals surface area contributed by atoms with Gasteiger partial charge < -0.3 is 4.74 Å². The highest BCUT2D eigenvalue weighted by Gasteiger charge is 2.17. The average Bonchev–Trinajstić information content (AvgIpc) is 2.31. The molecule has 88 valence electrons. The Kier molecular flexibility index (Phi) is 5.03. The van der Waals surface area contributed by atoms with Gasteiger partial charge in [-0.05, 0) is 30.9 Å². The zero-order valence-electron chi connectivity index (χ0n) is 10.3. The molecule has 0 aliphatic heterocycles. The van der Waals surface area contributed by atoms with Gasteiger partial charge >= 0.3 is 5.97 Å². The van der Waals surface area contributed by atoms with Gasteiger partial charge in [0.05, 0.1) is 5.92 Å². The zero-order chi connectivity index (χ0) is 12.0. The van der Waals surface area contributed by atoms with E-state index in [2.05, 4.69) is 6.92 Å². The van der Waals surface area contributed by atoms with Crippen LogP contribution in [0.25, 0.3) is 0 Å². The molecule has 0 aliphatic carbocycles. The van der Waals surface area contributed by atoms with Crippen LogP contribution in [0.5, 0.6) is 5.75 Å². The third-order valence-electron chi connectivity index (χ3n) is 2.88. The van der Waals surface area contributed by atoms with Crippen molar-refractivity contribution in [1.29, 1.82) is 0 Å². The Balaban J connectivity index is 2.76. The topological polar surface area (TPSA) is 26.3 Å². The molecule has 0 spiro atoms. The first-order chi connectivity index (χ1) is 7.72. The molecule has 0 unspecified atom stereocenters. The first-order valence-electron chi connectivity index (χ1n) is 6.02. The van der Waals surface area contributed by atoms with E-state index in [0.717, 1.165) is 24.8 Å². The average molecular weight is 220 g/mol. The third-order valence-corrected chi connectivity index (χ3v) is 2.88. The van der Waals surface area contributed by atoms with Crippen molar-refractivity contribution in [2.24, 2.45) is 5.92 Å². The molecule has 0 atom stereocenters. The van der Waals surface area contributed by atoms with Gasteiger partial charge in [-0.2, -0.15) is 0 Å². The normalized spacial score (nSPS) is 10.5. The number of hydrogen-bond donors (Lipinski definition) is 0. The number of carbonyl (C=O) groups is 1. The van der Waals surface area contributed by atoms with Crippen LogP contribution in [0, 0.1) is 5.92 Å². The quantitative estimate of drug-likeness (QED) is 0.560. The Labute approximate surface area is 97.6 Å². The summed E-state index contributed by atoms with van der Waals surface area (Å²) in [7, 11) is 0. The summed E-state index contributed by atoms with van der Waals surface area (Å²) >= 11 is 0. The first-order valence-corrected chi connectivity index (χ1v) is 6.02. The lowest BCUT2D eigenvalue weighted by Crippen LogP contribution is -2.19. The van der Waals surface area contributed by atoms with Gasteiger partial charge in [0.2, 0.25) is 0 Å². The van der Waals surface area contributed by atoms with Crippen molar-refractivity contribution in [3.05, 3.63) is 29.8 Å². The predicted octanol–water partition coefficient (Wildman–Crippen LogP) is 3.59. The Morgan fingerprint density at radius 2 is 1.81 bits per heavy atom. The van der Waals surface area contributed by atoms with Crippen molar-refractivity contribution in [2.75, 3.05) is 0 Å². The monoisotopic (exact) mass is 220 g/mol. The van der Waals surface area contributed by atoms with Crippen LogP contribution in [0.2, 0.25) is 0 Å². The molecule has 2 heteroatoms. The van der Waals surface area contributed by atoms with E-state index in [9.17, 15) is 4.79 Å². The van der Waals surface area contributed by atoms with E-state index >= 15 is 0 Å². The molecule has 0 aromatic heterocycles. The number of para-hydroxylation sites is 1. The van der Waals surface area contributed by atoms with Crippen LogP contribution in [0.3, 0.4) is 0 Å². The Morgan fingerprint density at radius 3 is 2.38 bits per heavy atom. The summed E-state index contributed by atoms with van der Waals surface area (Å²) in [6, 6.07) is 7.72. The molecule has 0 fully saturated rings. The maximum Gasteiger partial charge on any atom is 0.314 e. The van der Waals surface area contributed by atoms with Crippen LogP contribution in [0.1, 0.15) is 39.2 Å². The van der Waals surface area contributed by atoms with Crippen LogP contribution >= 0.6 is 0 Å². The van der Waals surface area contributed by atoms with Crippen molar-refractivity contribution in [2.45, 2.75) is 40.0 Å². The molecular formula is C14H20O2. The van der Waals surface area contributed by atoms with E-state index in [1.807, 2.05) is 38.1 Å². The van der Waals surface area contributed by atoms with Crippen molar-refractivity contribution in [1.82, 2.24) is 0 Å². The van der Waals surface area contributed by atoms with Gasteiger partial charge in [0.25, 0.3) is 0 Å². The fourth-order valence-corrected chi connectivity index (χ4v) is 1.71. The lowest BCUT2D eigenvalue weighted by Gasteiger charge is -2.13. The predicted molar refractivity (Wildman–Crippen MR) is 65.5 cm³/mol. The third kappa shape index (κ3) is 3.09. The Bertz CT molecular complexity index is 340. The highest BCUT2D eigenvalue weighted by molar-refractivity contribution is 5.75. The van der Waals surface area contributed by atoms with Gasteiger partial charge in [-0.1, -0.05) is 39.0 Å². The van der Waals surface area contributed by atoms with E-state index < -0.39 is 0 Å². The second kappa shape index (κ2) is 6.31. The smallest absolute Gasteiger partial charge is 0.314 e. The fourth-order valence-electron chi connectivity index (χ4n) is 1.71. The molecule has 0 saturated heterocycles. The minimum Gasteiger partial charge on any atom is -0.426 e. The van der Waals surface area contributed by atoms with Crippen molar-refractivity contribution in [3.63, 3.8) is 0 Å². The molecule has 16 heavy (non-hydrogen) atoms. The Hall–Kier alpha value is -1.31. The zero-order valence-corrected chi connectivity index (χ0v) is 10.3. The first kappa shape index (κ1) is 12.8. The molecule has 1 aromatic rings. The number of rotatable bonds is 5. The molecule has 0 saturated carbocycles. The molecule has 0 N–H and O–H groups in total. The second-order valence-corrected chi connectivity index (χ2v) is 3.90. The van der Waals surface area contributed by atoms with Crippen LogP contribution in [-0.4, -0.2) is 5.97 Å². The molecule has 1 aromatic carbocycles. The molecular weight excluding hydrogens is 200 g/mol. The standard InChI is InChI=1S/C14H20O2/c1-4-11(5-2)14(15)16-13-10-8-7-9-12(13)6-3/h7-11H,4-6H2,1-3H3. The molecule has 0 radical (unpaired) electrons. The van der Waals surface area contributed by atoms with E-state index in [-0.39, 0.29) is 11.9 Å². The van der Waals surface area contributed by atoms with Crippen molar-refractivity contribution < 1.29 is 9.53 Å². The lowest BCUT2D eigenvalue weighted by molar-refractivity contribution is -0.139. The van der Waals surface area contributed by atoms with Crippen LogP contribution in [0.15, 0.2) is 24.3 Å². The number of aryl methyl sites for hydroxylation is 1. The minimum atomic E-state index is -0.106. The van der Waals surface area contributed by atoms with Crippen molar-refractivity contribution >= 4 is 5.97 Å². The van der Waals surface area contributed by atoms with Crippen LogP contribution in [0.4, 0.5) is 0 Å². The number of carbonyl (C=O) groups excluding carboxylic acids is 1. The Morgan fingerprint density at radius 1 is 1.19 bits per heavy atom. The summed E-state index contributed by atoms with van der Waals surface area (Å²) < 4.78 is 5.44. The highest BCUT2D eigenvalue weighted by Crippen LogP contribution is 2.20. The van der Waals surface area contributed by atoms with Gasteiger partial charge in [-0.15, -0.1) is 0 Å². The number of esters is 1. The number of hydrogen-bond acceptors (Lipinski definition) is 2. The fraction of sp³-hybridized carbons (Fsp3) is 0.500. The summed E-state index contributed by atoms with van der Waals surface area (Å²) in [5.41, 5.74) is 1.09. The molecule has 0 bridgehead atoms. The van der Waals surface area contributed by atoms with E-state index in [1.54, 1.807) is 0 Å². The van der Waals surface area contributed by atoms with E-state index in [4.69, 9.17) is 4.74 Å². The van der Waals surface area contributed by atoms with Gasteiger partial charge in [-0.3, -0.25) is 4.79 Å². The number of ether oxygens (including phenoxy) is 1. The maximum atomic E-state index is 11.8. The molecule has 2 nitrogen and oxygen atoms in total. The van der Waals surface area contributed by atoms with Crippen molar-refractivity contribution in [3.8, 4) is 5.75 Å². The summed E-state index contributed by atoms with van der Waals surface area (Å²) in [5, 5.41) is 0. The summed E-state index contributed by atoms with van der Waals surface area (Å²) in [4.78, 5) is 11.8. The molecule has 0 heterocycles. The van der Waals surface area contributed by atoms with Gasteiger partial charge in [0.15, 0.2) is 0 Å². The maximum absolute atomic E-state index is 11.8. The second-order valence-electron chi connectivity index (χ2n) is 3.90. The molecule has 1 rings (SSSR count). The largest absolute Gasteiger partial charge is 0.426 e. The molecule has 0 aliphatic rings. The van der Waals surface area contributed by atoms with Gasteiger partial charge in [0.1, 0.15) is 5.75 Å². The van der Waals surface area contributed by atoms with Gasteiger partial charge in [0, 0.05) is 0 Å². The van der Waals surface area contributed by atoms with E-state index in [0.29, 0.717) is 5.75 Å². The molecule has 0 amide bonds. The summed E-state index contributed by atoms with van der Waals surface area (Å²) in [6.45, 7) is 6.09. The summed E-state index contributed by atoms with van der Waals surface area (Å²) in [5.74, 6) is 0.623. The van der Waals surface area contributed by atoms with E-state index in [1.165, 1.54) is 0 Å². The minimum absolute atomic E-state index is 0.0184. The lowest BCUT2D eigenvalue weighted by atomic mass is 10.0. The summed E-state index contributed by atoms with van der Waals surface area (Å²) in [6.07, 6.45) is 2.56. The van der Waals surface area contributed by atoms with Gasteiger partial charge in [-0.25, -0.2) is 0 Å². The SMILES string of the molecule is CCc1ccccc1OC(=O)C(CC)CC. The highest BCUT2D eigenvalue weighted by atomic mass is 16.5.